The lowest BCUT2D eigenvalue weighted by molar-refractivity contribution is -0.140. The summed E-state index contributed by atoms with van der Waals surface area (Å²) in [6.45, 7) is 6.55. The molecule has 184 valence electrons. The Hall–Kier alpha value is -1.16. The van der Waals surface area contributed by atoms with Gasteiger partial charge in [-0.3, -0.25) is 9.58 Å². The smallest absolute Gasteiger partial charge is 0.381 e. The van der Waals surface area contributed by atoms with Crippen molar-refractivity contribution in [2.45, 2.75) is 76.9 Å². The summed E-state index contributed by atoms with van der Waals surface area (Å²) < 4.78 is 52.2. The average molecular weight is 461 g/mol. The first-order valence-corrected chi connectivity index (χ1v) is 11.8. The van der Waals surface area contributed by atoms with Crippen molar-refractivity contribution in [2.24, 2.45) is 11.8 Å². The second-order valence-corrected chi connectivity index (χ2v) is 9.45. The molecule has 1 aliphatic heterocycles. The van der Waals surface area contributed by atoms with Crippen LogP contribution < -0.4 is 5.32 Å². The first kappa shape index (κ1) is 25.5. The van der Waals surface area contributed by atoms with Crippen LogP contribution in [0.5, 0.6) is 0 Å². The predicted molar refractivity (Wildman–Crippen MR) is 117 cm³/mol. The van der Waals surface area contributed by atoms with Gasteiger partial charge in [0.05, 0.1) is 37.3 Å². The van der Waals surface area contributed by atoms with Gasteiger partial charge < -0.3 is 14.8 Å². The van der Waals surface area contributed by atoms with Crippen molar-refractivity contribution in [1.29, 1.82) is 0 Å². The van der Waals surface area contributed by atoms with Gasteiger partial charge in [0.1, 0.15) is 0 Å². The van der Waals surface area contributed by atoms with Gasteiger partial charge in [0.25, 0.3) is 0 Å². The molecule has 1 N–H and O–H groups in total. The number of hydrogen-bond donors (Lipinski definition) is 1. The monoisotopic (exact) mass is 460 g/mol. The zero-order chi connectivity index (χ0) is 23.3. The quantitative estimate of drug-likeness (QED) is 0.573. The molecule has 2 unspecified atom stereocenters. The van der Waals surface area contributed by atoms with Crippen molar-refractivity contribution in [3.63, 3.8) is 0 Å². The summed E-state index contributed by atoms with van der Waals surface area (Å²) in [5, 5.41) is 8.13. The Kier molecular flexibility index (Phi) is 9.00. The fourth-order valence-electron chi connectivity index (χ4n) is 5.44. The van der Waals surface area contributed by atoms with E-state index in [1.165, 1.54) is 5.56 Å². The Bertz CT molecular complexity index is 725. The molecule has 0 saturated heterocycles. The van der Waals surface area contributed by atoms with Crippen LogP contribution in [-0.2, 0) is 29.2 Å². The van der Waals surface area contributed by atoms with Crippen molar-refractivity contribution in [2.75, 3.05) is 40.9 Å². The summed E-state index contributed by atoms with van der Waals surface area (Å²) in [6, 6.07) is 0. The minimum Gasteiger partial charge on any atom is -0.381 e. The van der Waals surface area contributed by atoms with E-state index in [-0.39, 0.29) is 30.3 Å². The van der Waals surface area contributed by atoms with Crippen LogP contribution in [0, 0.1) is 11.8 Å². The van der Waals surface area contributed by atoms with E-state index in [0.29, 0.717) is 13.2 Å². The Balaban J connectivity index is 1.82. The van der Waals surface area contributed by atoms with E-state index in [2.05, 4.69) is 21.9 Å². The van der Waals surface area contributed by atoms with E-state index in [0.717, 1.165) is 56.8 Å². The van der Waals surface area contributed by atoms with Crippen molar-refractivity contribution in [3.05, 3.63) is 17.0 Å². The van der Waals surface area contributed by atoms with Crippen molar-refractivity contribution in [1.82, 2.24) is 20.0 Å². The number of aromatic nitrogens is 2. The molecule has 1 aliphatic carbocycles. The van der Waals surface area contributed by atoms with Crippen LogP contribution in [0.25, 0.3) is 0 Å². The summed E-state index contributed by atoms with van der Waals surface area (Å²) in [6.07, 6.45) is -2.19. The summed E-state index contributed by atoms with van der Waals surface area (Å²) >= 11 is 0. The van der Waals surface area contributed by atoms with Crippen molar-refractivity contribution < 1.29 is 22.6 Å². The largest absolute Gasteiger partial charge is 0.389 e. The van der Waals surface area contributed by atoms with Gasteiger partial charge in [-0.1, -0.05) is 0 Å². The molecular formula is C23H39F3N4O2. The molecule has 0 bridgehead atoms. The highest BCUT2D eigenvalue weighted by Crippen LogP contribution is 2.46. The van der Waals surface area contributed by atoms with E-state index in [1.54, 1.807) is 7.11 Å². The van der Waals surface area contributed by atoms with Crippen LogP contribution in [-0.4, -0.2) is 67.9 Å². The normalized spacial score (nSPS) is 25.2. The van der Waals surface area contributed by atoms with Gasteiger partial charge in [0.15, 0.2) is 0 Å². The number of likely N-dealkylation sites (N-methyl/N-ethyl adjacent to an activating group) is 2. The molecular weight excluding hydrogens is 421 g/mol. The van der Waals surface area contributed by atoms with E-state index in [9.17, 15) is 13.2 Å². The first-order valence-electron chi connectivity index (χ1n) is 11.8. The molecule has 6 nitrogen and oxygen atoms in total. The van der Waals surface area contributed by atoms with Crippen LogP contribution in [0.2, 0.25) is 0 Å². The minimum absolute atomic E-state index is 0.0345. The third-order valence-electron chi connectivity index (χ3n) is 7.25. The van der Waals surface area contributed by atoms with Gasteiger partial charge in [-0.15, -0.1) is 0 Å². The second kappa shape index (κ2) is 11.3. The van der Waals surface area contributed by atoms with Crippen LogP contribution in [0.1, 0.15) is 61.9 Å². The van der Waals surface area contributed by atoms with Crippen molar-refractivity contribution in [3.8, 4) is 0 Å². The lowest BCUT2D eigenvalue weighted by Crippen LogP contribution is -2.34. The highest BCUT2D eigenvalue weighted by Gasteiger charge is 2.39. The van der Waals surface area contributed by atoms with Crippen LogP contribution >= 0.6 is 0 Å². The SMILES string of the molecule is CNCCN(C)Cc1nn2c(c1[C@@H]1CC[C@H](CCC(F)(F)F)C(C(C)OC)C1)COCC2. The topological polar surface area (TPSA) is 51.6 Å². The van der Waals surface area contributed by atoms with Gasteiger partial charge in [0.2, 0.25) is 0 Å². The molecule has 4 atom stereocenters. The van der Waals surface area contributed by atoms with Crippen LogP contribution in [0.3, 0.4) is 0 Å². The average Bonchev–Trinajstić information content (AvgIpc) is 3.12. The second-order valence-electron chi connectivity index (χ2n) is 9.45. The molecule has 9 heteroatoms. The molecule has 0 aromatic carbocycles. The lowest BCUT2D eigenvalue weighted by atomic mass is 9.68. The number of alkyl halides is 3. The molecule has 1 fully saturated rings. The summed E-state index contributed by atoms with van der Waals surface area (Å²) in [4.78, 5) is 2.26. The number of ether oxygens (including phenoxy) is 2. The maximum Gasteiger partial charge on any atom is 0.389 e. The molecule has 1 aromatic heterocycles. The molecule has 1 saturated carbocycles. The summed E-state index contributed by atoms with van der Waals surface area (Å²) in [7, 11) is 5.70. The first-order chi connectivity index (χ1) is 15.2. The van der Waals surface area contributed by atoms with Crippen LogP contribution in [0.15, 0.2) is 0 Å². The van der Waals surface area contributed by atoms with E-state index >= 15 is 0 Å². The maximum atomic E-state index is 12.9. The number of halogens is 3. The third-order valence-corrected chi connectivity index (χ3v) is 7.25. The highest BCUT2D eigenvalue weighted by molar-refractivity contribution is 5.32. The molecule has 1 aromatic rings. The zero-order valence-corrected chi connectivity index (χ0v) is 19.9. The Morgan fingerprint density at radius 2 is 2.12 bits per heavy atom. The molecule has 0 spiro atoms. The number of nitrogens with zero attached hydrogens (tertiary/aromatic N) is 3. The Morgan fingerprint density at radius 1 is 1.34 bits per heavy atom. The number of hydrogen-bond acceptors (Lipinski definition) is 5. The maximum absolute atomic E-state index is 12.9. The summed E-state index contributed by atoms with van der Waals surface area (Å²) in [5.41, 5.74) is 3.51. The molecule has 0 amide bonds. The fourth-order valence-corrected chi connectivity index (χ4v) is 5.44. The summed E-state index contributed by atoms with van der Waals surface area (Å²) in [5.74, 6) is 0.418. The van der Waals surface area contributed by atoms with Gasteiger partial charge in [-0.05, 0) is 64.5 Å². The van der Waals surface area contributed by atoms with Gasteiger partial charge in [-0.2, -0.15) is 18.3 Å². The number of methoxy groups -OCH3 is 1. The van der Waals surface area contributed by atoms with Gasteiger partial charge >= 0.3 is 6.18 Å². The molecule has 2 aliphatic rings. The molecule has 3 rings (SSSR count). The van der Waals surface area contributed by atoms with E-state index in [4.69, 9.17) is 14.6 Å². The van der Waals surface area contributed by atoms with Gasteiger partial charge in [-0.25, -0.2) is 0 Å². The Morgan fingerprint density at radius 3 is 2.81 bits per heavy atom. The fraction of sp³-hybridized carbons (Fsp3) is 0.870. The Labute approximate surface area is 189 Å². The molecule has 0 radical (unpaired) electrons. The number of nitrogens with one attached hydrogen (secondary N) is 1. The van der Waals surface area contributed by atoms with Crippen molar-refractivity contribution >= 4 is 0 Å². The number of rotatable bonds is 10. The molecule has 2 heterocycles. The standard InChI is InChI=1S/C23H39F3N4O2/c1-16(31-4)19-13-18(6-5-17(19)7-8-23(24,25)26)22-20(14-29(3)10-9-27-2)28-30-11-12-32-15-21(22)30/h16-19,27H,5-15H2,1-4H3/t16?,17-,18-,19?/m1/s1. The molecule has 32 heavy (non-hydrogen) atoms. The van der Waals surface area contributed by atoms with Crippen LogP contribution in [0.4, 0.5) is 13.2 Å². The highest BCUT2D eigenvalue weighted by atomic mass is 19.4. The minimum atomic E-state index is -4.11. The zero-order valence-electron chi connectivity index (χ0n) is 19.9. The lowest BCUT2D eigenvalue weighted by Gasteiger charge is -2.40. The number of fused-ring (bicyclic) bond motifs is 1. The predicted octanol–water partition coefficient (Wildman–Crippen LogP) is 3.94. The van der Waals surface area contributed by atoms with Gasteiger partial charge in [0, 0.05) is 38.7 Å². The van der Waals surface area contributed by atoms with E-state index < -0.39 is 12.6 Å². The van der Waals surface area contributed by atoms with E-state index in [1.807, 2.05) is 14.0 Å². The third kappa shape index (κ3) is 6.46.